The third kappa shape index (κ3) is 9.07. The summed E-state index contributed by atoms with van der Waals surface area (Å²) < 4.78 is 59.7. The van der Waals surface area contributed by atoms with Crippen molar-refractivity contribution in [2.45, 2.75) is 64.9 Å². The highest BCUT2D eigenvalue weighted by Gasteiger charge is 2.32. The Morgan fingerprint density at radius 3 is 2.51 bits per heavy atom. The Morgan fingerprint density at radius 1 is 1.12 bits per heavy atom. The smallest absolute Gasteiger partial charge is 0.416 e. The molecule has 1 atom stereocenters. The van der Waals surface area contributed by atoms with Gasteiger partial charge in [0.25, 0.3) is 5.91 Å². The summed E-state index contributed by atoms with van der Waals surface area (Å²) in [6, 6.07) is 2.57. The van der Waals surface area contributed by atoms with Gasteiger partial charge in [0.2, 0.25) is 0 Å². The van der Waals surface area contributed by atoms with Crippen LogP contribution in [0, 0.1) is 5.82 Å². The topological polar surface area (TPSA) is 121 Å². The zero-order valence-electron chi connectivity index (χ0n) is 24.1. The van der Waals surface area contributed by atoms with Gasteiger partial charge in [-0.2, -0.15) is 13.2 Å². The number of nitrogens with one attached hydrogen (secondary N) is 3. The van der Waals surface area contributed by atoms with Crippen molar-refractivity contribution in [1.29, 1.82) is 0 Å². The first-order valence-electron chi connectivity index (χ1n) is 13.6. The molecule has 10 nitrogen and oxygen atoms in total. The first kappa shape index (κ1) is 32.1. The lowest BCUT2D eigenvalue weighted by Crippen LogP contribution is -2.35. The number of hydrogen-bond donors (Lipinski definition) is 3. The van der Waals surface area contributed by atoms with Gasteiger partial charge in [-0.15, -0.1) is 0 Å². The number of aromatic nitrogens is 3. The van der Waals surface area contributed by atoms with E-state index >= 15 is 0 Å². The summed E-state index contributed by atoms with van der Waals surface area (Å²) >= 11 is 1.11. The van der Waals surface area contributed by atoms with Crippen molar-refractivity contribution in [3.8, 4) is 11.3 Å². The molecule has 0 aliphatic carbocycles. The predicted octanol–water partition coefficient (Wildman–Crippen LogP) is 5.93. The molecule has 1 aliphatic heterocycles. The van der Waals surface area contributed by atoms with Crippen LogP contribution in [0.3, 0.4) is 0 Å². The molecule has 2 amide bonds. The molecule has 1 fully saturated rings. The van der Waals surface area contributed by atoms with E-state index in [1.165, 1.54) is 12.4 Å². The second kappa shape index (κ2) is 13.2. The average molecular weight is 624 g/mol. The highest BCUT2D eigenvalue weighted by Crippen LogP contribution is 2.37. The first-order valence-corrected chi connectivity index (χ1v) is 14.5. The maximum Gasteiger partial charge on any atom is 0.416 e. The second-order valence-corrected chi connectivity index (χ2v) is 12.2. The first-order chi connectivity index (χ1) is 20.2. The maximum absolute atomic E-state index is 14.3. The lowest BCUT2D eigenvalue weighted by molar-refractivity contribution is -0.137. The maximum atomic E-state index is 14.3. The molecule has 0 spiro atoms. The van der Waals surface area contributed by atoms with Crippen molar-refractivity contribution < 1.29 is 31.9 Å². The minimum Gasteiger partial charge on any atom is -0.444 e. The number of benzene rings is 1. The van der Waals surface area contributed by atoms with Crippen LogP contribution in [0.2, 0.25) is 0 Å². The van der Waals surface area contributed by atoms with Crippen LogP contribution >= 0.6 is 11.3 Å². The number of anilines is 2. The van der Waals surface area contributed by atoms with E-state index in [0.29, 0.717) is 29.9 Å². The van der Waals surface area contributed by atoms with Crippen LogP contribution < -0.4 is 16.0 Å². The minimum atomic E-state index is -4.73. The van der Waals surface area contributed by atoms with Gasteiger partial charge >= 0.3 is 12.3 Å². The lowest BCUT2D eigenvalue weighted by atomic mass is 10.1. The molecular weight excluding hydrogens is 590 g/mol. The van der Waals surface area contributed by atoms with E-state index in [0.717, 1.165) is 42.9 Å². The van der Waals surface area contributed by atoms with Crippen molar-refractivity contribution in [2.75, 3.05) is 30.3 Å². The Kier molecular flexibility index (Phi) is 9.85. The molecule has 4 rings (SSSR count). The van der Waals surface area contributed by atoms with Crippen LogP contribution in [0.1, 0.15) is 61.5 Å². The molecule has 1 saturated heterocycles. The monoisotopic (exact) mass is 623 g/mol. The molecule has 1 aliphatic rings. The zero-order chi connectivity index (χ0) is 31.4. The number of nitrogens with zero attached hydrogens (tertiary/aromatic N) is 4. The van der Waals surface area contributed by atoms with Gasteiger partial charge in [-0.05, 0) is 65.3 Å². The fraction of sp³-hybridized carbons (Fsp3) is 0.464. The average Bonchev–Trinajstić information content (AvgIpc) is 3.50. The number of amides is 2. The third-order valence-corrected chi connectivity index (χ3v) is 7.39. The minimum absolute atomic E-state index is 0.0194. The number of ether oxygens (including phenoxy) is 1. The Hall–Kier alpha value is -3.85. The molecule has 232 valence electrons. The van der Waals surface area contributed by atoms with Crippen LogP contribution in [0.15, 0.2) is 30.6 Å². The molecule has 3 aromatic rings. The Morgan fingerprint density at radius 2 is 1.88 bits per heavy atom. The van der Waals surface area contributed by atoms with Gasteiger partial charge in [0, 0.05) is 36.1 Å². The van der Waals surface area contributed by atoms with E-state index in [9.17, 15) is 27.2 Å². The fourth-order valence-electron chi connectivity index (χ4n) is 4.41. The van der Waals surface area contributed by atoms with Crippen molar-refractivity contribution in [1.82, 2.24) is 25.2 Å². The second-order valence-electron chi connectivity index (χ2n) is 11.1. The van der Waals surface area contributed by atoms with Gasteiger partial charge in [0.1, 0.15) is 22.9 Å². The number of rotatable bonds is 9. The summed E-state index contributed by atoms with van der Waals surface area (Å²) in [4.78, 5) is 40.1. The molecule has 1 aromatic carbocycles. The summed E-state index contributed by atoms with van der Waals surface area (Å²) in [7, 11) is 0. The van der Waals surface area contributed by atoms with E-state index < -0.39 is 35.2 Å². The molecule has 43 heavy (non-hydrogen) atoms. The largest absolute Gasteiger partial charge is 0.444 e. The van der Waals surface area contributed by atoms with Gasteiger partial charge in [0.05, 0.1) is 23.7 Å². The van der Waals surface area contributed by atoms with Crippen molar-refractivity contribution >= 4 is 34.3 Å². The van der Waals surface area contributed by atoms with Crippen LogP contribution in [-0.2, 0) is 17.5 Å². The summed E-state index contributed by atoms with van der Waals surface area (Å²) in [5, 5.41) is 8.34. The van der Waals surface area contributed by atoms with Crippen molar-refractivity contribution in [3.63, 3.8) is 0 Å². The third-order valence-electron chi connectivity index (χ3n) is 6.44. The van der Waals surface area contributed by atoms with E-state index in [1.54, 1.807) is 20.8 Å². The van der Waals surface area contributed by atoms with Gasteiger partial charge in [-0.3, -0.25) is 15.0 Å². The molecule has 0 unspecified atom stereocenters. The van der Waals surface area contributed by atoms with E-state index in [4.69, 9.17) is 4.74 Å². The van der Waals surface area contributed by atoms with Gasteiger partial charge in [-0.1, -0.05) is 11.3 Å². The van der Waals surface area contributed by atoms with Gasteiger partial charge in [-0.25, -0.2) is 24.1 Å². The van der Waals surface area contributed by atoms with Gasteiger partial charge < -0.3 is 15.4 Å². The number of carbonyl (C=O) groups excluding carboxylic acids is 2. The molecule has 0 bridgehead atoms. The Balaban J connectivity index is 1.45. The van der Waals surface area contributed by atoms with Crippen LogP contribution in [-0.4, -0.2) is 63.1 Å². The number of likely N-dealkylation sites (tertiary alicyclic amines) is 1. The SMILES string of the molecule is C[C@@H]1CCCN1Cc1sc(NC(=O)c2cnc(NCCNC(=O)OC(C)(C)C)cn2)nc1-c1cc(F)cc(C(F)(F)F)c1. The number of halogens is 4. The highest BCUT2D eigenvalue weighted by molar-refractivity contribution is 7.16. The molecule has 3 N–H and O–H groups in total. The van der Waals surface area contributed by atoms with E-state index in [-0.39, 0.29) is 34.7 Å². The highest BCUT2D eigenvalue weighted by atomic mass is 32.1. The normalized spacial score (nSPS) is 15.8. The van der Waals surface area contributed by atoms with Crippen LogP contribution in [0.4, 0.5) is 33.3 Å². The molecule has 0 radical (unpaired) electrons. The standard InChI is InChI=1S/C28H33F4N7O3S/c1-16-6-5-9-39(16)15-21-23(17-10-18(28(30,31)32)12-19(29)11-17)37-25(43-21)38-24(40)20-13-36-22(14-35-20)33-7-8-34-26(41)42-27(2,3)4/h10-14,16H,5-9,15H2,1-4H3,(H,33,36)(H,34,41)(H,37,38,40)/t16-/m1/s1. The number of alkyl carbamates (subject to hydrolysis) is 1. The van der Waals surface area contributed by atoms with Crippen molar-refractivity contribution in [2.24, 2.45) is 0 Å². The quantitative estimate of drug-likeness (QED) is 0.198. The number of hydrogen-bond acceptors (Lipinski definition) is 9. The predicted molar refractivity (Wildman–Crippen MR) is 154 cm³/mol. The number of carbonyl (C=O) groups is 2. The summed E-state index contributed by atoms with van der Waals surface area (Å²) in [5.41, 5.74) is -1.60. The summed E-state index contributed by atoms with van der Waals surface area (Å²) in [5.74, 6) is -1.29. The molecule has 0 saturated carbocycles. The zero-order valence-corrected chi connectivity index (χ0v) is 25.0. The molecular formula is C28H33F4N7O3S. The van der Waals surface area contributed by atoms with Crippen LogP contribution in [0.5, 0.6) is 0 Å². The Bertz CT molecular complexity index is 1440. The number of alkyl halides is 3. The lowest BCUT2D eigenvalue weighted by Gasteiger charge is -2.20. The van der Waals surface area contributed by atoms with Gasteiger partial charge in [0.15, 0.2) is 5.13 Å². The Labute approximate surface area is 250 Å². The molecule has 3 heterocycles. The number of thiazole rings is 1. The van der Waals surface area contributed by atoms with E-state index in [2.05, 4.69) is 42.7 Å². The summed E-state index contributed by atoms with van der Waals surface area (Å²) in [6.45, 7) is 9.14. The van der Waals surface area contributed by atoms with E-state index in [1.807, 2.05) is 0 Å². The molecule has 15 heteroatoms. The van der Waals surface area contributed by atoms with Crippen LogP contribution in [0.25, 0.3) is 11.3 Å². The van der Waals surface area contributed by atoms with Crippen molar-refractivity contribution in [3.05, 3.63) is 52.5 Å². The summed E-state index contributed by atoms with van der Waals surface area (Å²) in [6.07, 6.45) is -0.708. The fourth-order valence-corrected chi connectivity index (χ4v) is 5.41. The molecule has 2 aromatic heterocycles.